The van der Waals surface area contributed by atoms with Crippen molar-refractivity contribution in [2.75, 3.05) is 19.0 Å². The van der Waals surface area contributed by atoms with Crippen molar-refractivity contribution in [3.05, 3.63) is 29.3 Å². The van der Waals surface area contributed by atoms with Crippen molar-refractivity contribution in [3.8, 4) is 0 Å². The SMILES string of the molecule is CCC(CNc1ccc2c(c1)CCCC2)C(=O)OC. The van der Waals surface area contributed by atoms with E-state index < -0.39 is 0 Å². The van der Waals surface area contributed by atoms with Gasteiger partial charge in [0, 0.05) is 12.2 Å². The molecule has 0 radical (unpaired) electrons. The molecule has 0 fully saturated rings. The minimum atomic E-state index is -0.132. The highest BCUT2D eigenvalue weighted by molar-refractivity contribution is 5.73. The Bertz CT molecular complexity index is 442. The largest absolute Gasteiger partial charge is 0.469 e. The van der Waals surface area contributed by atoms with Crippen LogP contribution in [0.25, 0.3) is 0 Å². The number of nitrogens with one attached hydrogen (secondary N) is 1. The highest BCUT2D eigenvalue weighted by atomic mass is 16.5. The topological polar surface area (TPSA) is 38.3 Å². The normalized spacial score (nSPS) is 15.5. The van der Waals surface area contributed by atoms with Gasteiger partial charge in [0.2, 0.25) is 0 Å². The molecule has 1 atom stereocenters. The zero-order chi connectivity index (χ0) is 13.7. The second-order valence-corrected chi connectivity index (χ2v) is 5.20. The minimum Gasteiger partial charge on any atom is -0.469 e. The van der Waals surface area contributed by atoms with E-state index in [1.165, 1.54) is 43.9 Å². The third-order valence-corrected chi connectivity index (χ3v) is 3.93. The van der Waals surface area contributed by atoms with Gasteiger partial charge in [-0.2, -0.15) is 0 Å². The van der Waals surface area contributed by atoms with Gasteiger partial charge in [0.15, 0.2) is 0 Å². The van der Waals surface area contributed by atoms with Crippen molar-refractivity contribution in [1.82, 2.24) is 0 Å². The van der Waals surface area contributed by atoms with Crippen molar-refractivity contribution in [1.29, 1.82) is 0 Å². The molecule has 0 spiro atoms. The Morgan fingerprint density at radius 1 is 1.32 bits per heavy atom. The Hall–Kier alpha value is -1.51. The maximum absolute atomic E-state index is 11.5. The summed E-state index contributed by atoms with van der Waals surface area (Å²) in [4.78, 5) is 11.5. The second-order valence-electron chi connectivity index (χ2n) is 5.20. The Balaban J connectivity index is 1.97. The number of benzene rings is 1. The molecule has 3 nitrogen and oxygen atoms in total. The lowest BCUT2D eigenvalue weighted by Gasteiger charge is -2.18. The number of aryl methyl sites for hydroxylation is 2. The third-order valence-electron chi connectivity index (χ3n) is 3.93. The van der Waals surface area contributed by atoms with E-state index in [4.69, 9.17) is 4.74 Å². The van der Waals surface area contributed by atoms with Crippen LogP contribution in [0.1, 0.15) is 37.3 Å². The summed E-state index contributed by atoms with van der Waals surface area (Å²) in [5.74, 6) is -0.200. The first-order chi connectivity index (χ1) is 9.24. The molecule has 0 saturated heterocycles. The number of ether oxygens (including phenoxy) is 1. The average Bonchev–Trinajstić information content (AvgIpc) is 2.47. The van der Waals surface area contributed by atoms with Gasteiger partial charge >= 0.3 is 5.97 Å². The summed E-state index contributed by atoms with van der Waals surface area (Å²) in [7, 11) is 1.45. The summed E-state index contributed by atoms with van der Waals surface area (Å²) >= 11 is 0. The molecule has 0 heterocycles. The summed E-state index contributed by atoms with van der Waals surface area (Å²) in [5, 5.41) is 3.36. The Labute approximate surface area is 115 Å². The molecule has 1 N–H and O–H groups in total. The van der Waals surface area contributed by atoms with Crippen molar-refractivity contribution in [2.24, 2.45) is 5.92 Å². The molecular formula is C16H23NO2. The highest BCUT2D eigenvalue weighted by Crippen LogP contribution is 2.24. The Kier molecular flexibility index (Phi) is 4.83. The number of hydrogen-bond acceptors (Lipinski definition) is 3. The zero-order valence-corrected chi connectivity index (χ0v) is 11.9. The lowest BCUT2D eigenvalue weighted by atomic mass is 9.91. The molecule has 1 aromatic carbocycles. The molecule has 1 aromatic rings. The predicted molar refractivity (Wildman–Crippen MR) is 77.4 cm³/mol. The predicted octanol–water partition coefficient (Wildman–Crippen LogP) is 3.18. The number of esters is 1. The van der Waals surface area contributed by atoms with Crippen LogP contribution in [0, 0.1) is 5.92 Å². The first-order valence-electron chi connectivity index (χ1n) is 7.18. The van der Waals surface area contributed by atoms with Crippen LogP contribution in [0.15, 0.2) is 18.2 Å². The number of carbonyl (C=O) groups is 1. The first-order valence-corrected chi connectivity index (χ1v) is 7.18. The minimum absolute atomic E-state index is 0.0685. The van der Waals surface area contributed by atoms with E-state index in [0.717, 1.165) is 12.1 Å². The van der Waals surface area contributed by atoms with E-state index in [9.17, 15) is 4.79 Å². The van der Waals surface area contributed by atoms with E-state index in [-0.39, 0.29) is 11.9 Å². The molecule has 1 aliphatic carbocycles. The van der Waals surface area contributed by atoms with Crippen LogP contribution in [0.5, 0.6) is 0 Å². The van der Waals surface area contributed by atoms with Crippen LogP contribution in [-0.2, 0) is 22.4 Å². The maximum atomic E-state index is 11.5. The molecule has 0 amide bonds. The van der Waals surface area contributed by atoms with Gasteiger partial charge in [0.25, 0.3) is 0 Å². The van der Waals surface area contributed by atoms with Crippen LogP contribution in [0.3, 0.4) is 0 Å². The molecule has 0 aliphatic heterocycles. The molecule has 104 valence electrons. The molecule has 0 saturated carbocycles. The van der Waals surface area contributed by atoms with Gasteiger partial charge < -0.3 is 10.1 Å². The summed E-state index contributed by atoms with van der Waals surface area (Å²) in [6.07, 6.45) is 5.77. The van der Waals surface area contributed by atoms with E-state index in [0.29, 0.717) is 6.54 Å². The Morgan fingerprint density at radius 2 is 2.05 bits per heavy atom. The van der Waals surface area contributed by atoms with Crippen molar-refractivity contribution >= 4 is 11.7 Å². The van der Waals surface area contributed by atoms with Crippen LogP contribution in [0.4, 0.5) is 5.69 Å². The maximum Gasteiger partial charge on any atom is 0.310 e. The fraction of sp³-hybridized carbons (Fsp3) is 0.562. The molecule has 2 rings (SSSR count). The molecule has 1 aliphatic rings. The van der Waals surface area contributed by atoms with Crippen molar-refractivity contribution in [3.63, 3.8) is 0 Å². The van der Waals surface area contributed by atoms with Crippen molar-refractivity contribution in [2.45, 2.75) is 39.0 Å². The fourth-order valence-electron chi connectivity index (χ4n) is 2.65. The smallest absolute Gasteiger partial charge is 0.310 e. The molecule has 1 unspecified atom stereocenters. The lowest BCUT2D eigenvalue weighted by molar-refractivity contribution is -0.145. The van der Waals surface area contributed by atoms with Gasteiger partial charge in [0.05, 0.1) is 13.0 Å². The first kappa shape index (κ1) is 13.9. The summed E-state index contributed by atoms with van der Waals surface area (Å²) in [5.41, 5.74) is 4.06. The number of carbonyl (C=O) groups excluding carboxylic acids is 1. The van der Waals surface area contributed by atoms with E-state index in [2.05, 4.69) is 23.5 Å². The van der Waals surface area contributed by atoms with Gasteiger partial charge in [0.1, 0.15) is 0 Å². The van der Waals surface area contributed by atoms with Crippen LogP contribution in [0.2, 0.25) is 0 Å². The summed E-state index contributed by atoms with van der Waals surface area (Å²) in [6.45, 7) is 2.65. The van der Waals surface area contributed by atoms with E-state index in [1.54, 1.807) is 0 Å². The fourth-order valence-corrected chi connectivity index (χ4v) is 2.65. The standard InChI is InChI=1S/C16H23NO2/c1-3-12(16(18)19-2)11-17-15-9-8-13-6-4-5-7-14(13)10-15/h8-10,12,17H,3-7,11H2,1-2H3. The molecular weight excluding hydrogens is 238 g/mol. The van der Waals surface area contributed by atoms with Crippen LogP contribution < -0.4 is 5.32 Å². The summed E-state index contributed by atoms with van der Waals surface area (Å²) in [6, 6.07) is 6.57. The van der Waals surface area contributed by atoms with Gasteiger partial charge in [-0.05, 0) is 55.4 Å². The van der Waals surface area contributed by atoms with Crippen LogP contribution >= 0.6 is 0 Å². The zero-order valence-electron chi connectivity index (χ0n) is 11.9. The molecule has 3 heteroatoms. The van der Waals surface area contributed by atoms with Crippen LogP contribution in [-0.4, -0.2) is 19.6 Å². The van der Waals surface area contributed by atoms with Gasteiger partial charge in [-0.3, -0.25) is 4.79 Å². The quantitative estimate of drug-likeness (QED) is 0.827. The number of methoxy groups -OCH3 is 1. The molecule has 0 bridgehead atoms. The monoisotopic (exact) mass is 261 g/mol. The van der Waals surface area contributed by atoms with E-state index >= 15 is 0 Å². The lowest BCUT2D eigenvalue weighted by Crippen LogP contribution is -2.23. The number of rotatable bonds is 5. The Morgan fingerprint density at radius 3 is 2.74 bits per heavy atom. The van der Waals surface area contributed by atoms with Gasteiger partial charge in [-0.25, -0.2) is 0 Å². The summed E-state index contributed by atoms with van der Waals surface area (Å²) < 4.78 is 4.80. The van der Waals surface area contributed by atoms with Gasteiger partial charge in [-0.1, -0.05) is 13.0 Å². The highest BCUT2D eigenvalue weighted by Gasteiger charge is 2.16. The second kappa shape index (κ2) is 6.60. The number of fused-ring (bicyclic) bond motifs is 1. The molecule has 0 aromatic heterocycles. The van der Waals surface area contributed by atoms with Crippen molar-refractivity contribution < 1.29 is 9.53 Å². The third kappa shape index (κ3) is 3.49. The van der Waals surface area contributed by atoms with E-state index in [1.807, 2.05) is 6.92 Å². The molecule has 19 heavy (non-hydrogen) atoms. The average molecular weight is 261 g/mol. The van der Waals surface area contributed by atoms with Gasteiger partial charge in [-0.15, -0.1) is 0 Å². The number of anilines is 1. The number of hydrogen-bond donors (Lipinski definition) is 1.